The maximum absolute atomic E-state index is 12.3. The van der Waals surface area contributed by atoms with E-state index in [0.29, 0.717) is 11.3 Å². The highest BCUT2D eigenvalue weighted by Crippen LogP contribution is 2.22. The number of hydrogen-bond donors (Lipinski definition) is 1. The van der Waals surface area contributed by atoms with Crippen LogP contribution in [0.2, 0.25) is 0 Å². The minimum Gasteiger partial charge on any atom is -0.325 e. The Labute approximate surface area is 147 Å². The van der Waals surface area contributed by atoms with Gasteiger partial charge in [-0.3, -0.25) is 9.59 Å². The summed E-state index contributed by atoms with van der Waals surface area (Å²) in [5.41, 5.74) is 5.00. The maximum Gasteiger partial charge on any atom is 0.237 e. The third-order valence-corrected chi connectivity index (χ3v) is 5.09. The number of benzene rings is 2. The number of carbonyl (C=O) groups is 2. The molecule has 126 valence electrons. The lowest BCUT2D eigenvalue weighted by molar-refractivity contribution is -0.115. The van der Waals surface area contributed by atoms with Gasteiger partial charge in [0.15, 0.2) is 5.78 Å². The second-order valence-electron chi connectivity index (χ2n) is 6.01. The van der Waals surface area contributed by atoms with Crippen molar-refractivity contribution in [3.05, 3.63) is 64.7 Å². The topological polar surface area (TPSA) is 46.2 Å². The van der Waals surface area contributed by atoms with E-state index in [9.17, 15) is 9.59 Å². The standard InChI is InChI=1S/C20H23NO2S/c1-13-8-9-14(2)18(10-13)12-24-16(4)20(23)21-19-7-5-6-17(11-19)15(3)22/h5-11,16H,12H2,1-4H3,(H,21,23). The lowest BCUT2D eigenvalue weighted by Crippen LogP contribution is -2.22. The Morgan fingerprint density at radius 2 is 1.88 bits per heavy atom. The van der Waals surface area contributed by atoms with Crippen molar-refractivity contribution in [3.8, 4) is 0 Å². The monoisotopic (exact) mass is 341 g/mol. The lowest BCUT2D eigenvalue weighted by Gasteiger charge is -2.14. The first-order chi connectivity index (χ1) is 11.4. The van der Waals surface area contributed by atoms with Crippen LogP contribution in [0.25, 0.3) is 0 Å². The molecule has 0 saturated carbocycles. The summed E-state index contributed by atoms with van der Waals surface area (Å²) < 4.78 is 0. The summed E-state index contributed by atoms with van der Waals surface area (Å²) in [6, 6.07) is 13.4. The minimum atomic E-state index is -0.175. The Balaban J connectivity index is 1.96. The normalized spacial score (nSPS) is 11.8. The summed E-state index contributed by atoms with van der Waals surface area (Å²) in [4.78, 5) is 23.8. The van der Waals surface area contributed by atoms with Gasteiger partial charge in [-0.1, -0.05) is 35.9 Å². The Morgan fingerprint density at radius 1 is 1.12 bits per heavy atom. The maximum atomic E-state index is 12.3. The SMILES string of the molecule is CC(=O)c1cccc(NC(=O)C(C)SCc2cc(C)ccc2C)c1. The van der Waals surface area contributed by atoms with Gasteiger partial charge in [0.05, 0.1) is 5.25 Å². The van der Waals surface area contributed by atoms with Crippen LogP contribution in [-0.4, -0.2) is 16.9 Å². The Bertz CT molecular complexity index is 755. The molecule has 0 heterocycles. The first-order valence-electron chi connectivity index (χ1n) is 7.96. The van der Waals surface area contributed by atoms with Gasteiger partial charge in [0, 0.05) is 17.0 Å². The van der Waals surface area contributed by atoms with Gasteiger partial charge in [0.25, 0.3) is 0 Å². The molecule has 24 heavy (non-hydrogen) atoms. The average Bonchev–Trinajstić information content (AvgIpc) is 2.55. The van der Waals surface area contributed by atoms with Crippen molar-refractivity contribution >= 4 is 29.1 Å². The van der Waals surface area contributed by atoms with Crippen molar-refractivity contribution in [2.75, 3.05) is 5.32 Å². The fourth-order valence-corrected chi connectivity index (χ4v) is 3.26. The van der Waals surface area contributed by atoms with Crippen LogP contribution in [0.1, 0.15) is 40.9 Å². The van der Waals surface area contributed by atoms with Crippen molar-refractivity contribution in [2.24, 2.45) is 0 Å². The van der Waals surface area contributed by atoms with Crippen LogP contribution in [0.5, 0.6) is 0 Å². The number of thioether (sulfide) groups is 1. The number of nitrogens with one attached hydrogen (secondary N) is 1. The van der Waals surface area contributed by atoms with E-state index in [2.05, 4.69) is 37.4 Å². The molecule has 0 aromatic heterocycles. The zero-order valence-electron chi connectivity index (χ0n) is 14.6. The Hall–Kier alpha value is -2.07. The molecule has 0 aliphatic carbocycles. The van der Waals surface area contributed by atoms with Gasteiger partial charge in [-0.15, -0.1) is 11.8 Å². The Morgan fingerprint density at radius 3 is 2.58 bits per heavy atom. The highest BCUT2D eigenvalue weighted by molar-refractivity contribution is 7.99. The number of ketones is 1. The third-order valence-electron chi connectivity index (χ3n) is 3.90. The van der Waals surface area contributed by atoms with E-state index in [1.807, 2.05) is 6.92 Å². The lowest BCUT2D eigenvalue weighted by atomic mass is 10.1. The molecule has 0 bridgehead atoms. The molecule has 0 spiro atoms. The van der Waals surface area contributed by atoms with Gasteiger partial charge in [-0.05, 0) is 51.0 Å². The van der Waals surface area contributed by atoms with Crippen LogP contribution in [0.3, 0.4) is 0 Å². The summed E-state index contributed by atoms with van der Waals surface area (Å²) in [7, 11) is 0. The molecule has 0 aliphatic heterocycles. The van der Waals surface area contributed by atoms with E-state index >= 15 is 0 Å². The second kappa shape index (κ2) is 8.15. The number of Topliss-reactive ketones (excluding diaryl/α,β-unsaturated/α-hetero) is 1. The number of anilines is 1. The van der Waals surface area contributed by atoms with Gasteiger partial charge in [0.1, 0.15) is 0 Å². The molecule has 0 fully saturated rings. The third kappa shape index (κ3) is 4.96. The van der Waals surface area contributed by atoms with Gasteiger partial charge in [-0.25, -0.2) is 0 Å². The zero-order chi connectivity index (χ0) is 17.7. The minimum absolute atomic E-state index is 0.0107. The van der Waals surface area contributed by atoms with Crippen molar-refractivity contribution in [3.63, 3.8) is 0 Å². The summed E-state index contributed by atoms with van der Waals surface area (Å²) in [5.74, 6) is 0.740. The highest BCUT2D eigenvalue weighted by Gasteiger charge is 2.14. The average molecular weight is 341 g/mol. The van der Waals surface area contributed by atoms with Gasteiger partial charge >= 0.3 is 0 Å². The quantitative estimate of drug-likeness (QED) is 0.770. The van der Waals surface area contributed by atoms with E-state index in [1.54, 1.807) is 36.0 Å². The molecule has 4 heteroatoms. The smallest absolute Gasteiger partial charge is 0.237 e. The molecule has 2 aromatic carbocycles. The van der Waals surface area contributed by atoms with Gasteiger partial charge in [-0.2, -0.15) is 0 Å². The van der Waals surface area contributed by atoms with E-state index in [-0.39, 0.29) is 16.9 Å². The zero-order valence-corrected chi connectivity index (χ0v) is 15.4. The van der Waals surface area contributed by atoms with Crippen molar-refractivity contribution in [1.29, 1.82) is 0 Å². The predicted molar refractivity (Wildman–Crippen MR) is 102 cm³/mol. The molecule has 1 atom stereocenters. The first kappa shape index (κ1) is 18.3. The molecule has 0 radical (unpaired) electrons. The molecule has 2 aromatic rings. The molecule has 1 amide bonds. The van der Waals surface area contributed by atoms with Crippen LogP contribution in [0, 0.1) is 13.8 Å². The van der Waals surface area contributed by atoms with Crippen LogP contribution >= 0.6 is 11.8 Å². The van der Waals surface area contributed by atoms with E-state index in [4.69, 9.17) is 0 Å². The predicted octanol–water partition coefficient (Wildman–Crippen LogP) is 4.77. The van der Waals surface area contributed by atoms with E-state index in [0.717, 1.165) is 5.75 Å². The number of rotatable bonds is 6. The first-order valence-corrected chi connectivity index (χ1v) is 9.01. The molecule has 0 saturated heterocycles. The number of amides is 1. The number of hydrogen-bond acceptors (Lipinski definition) is 3. The van der Waals surface area contributed by atoms with E-state index < -0.39 is 0 Å². The van der Waals surface area contributed by atoms with Crippen molar-refractivity contribution < 1.29 is 9.59 Å². The molecule has 2 rings (SSSR count). The molecular formula is C20H23NO2S. The molecule has 0 aliphatic rings. The Kier molecular flexibility index (Phi) is 6.21. The van der Waals surface area contributed by atoms with Crippen LogP contribution in [0.4, 0.5) is 5.69 Å². The summed E-state index contributed by atoms with van der Waals surface area (Å²) in [6.07, 6.45) is 0. The molecule has 1 N–H and O–H groups in total. The van der Waals surface area contributed by atoms with Crippen molar-refractivity contribution in [1.82, 2.24) is 0 Å². The molecular weight excluding hydrogens is 318 g/mol. The van der Waals surface area contributed by atoms with Crippen molar-refractivity contribution in [2.45, 2.75) is 38.7 Å². The second-order valence-corrected chi connectivity index (χ2v) is 7.34. The van der Waals surface area contributed by atoms with Gasteiger partial charge < -0.3 is 5.32 Å². The van der Waals surface area contributed by atoms with Crippen LogP contribution < -0.4 is 5.32 Å². The molecule has 1 unspecified atom stereocenters. The fourth-order valence-electron chi connectivity index (χ4n) is 2.31. The highest BCUT2D eigenvalue weighted by atomic mass is 32.2. The largest absolute Gasteiger partial charge is 0.325 e. The summed E-state index contributed by atoms with van der Waals surface area (Å²) in [6.45, 7) is 7.59. The van der Waals surface area contributed by atoms with Crippen LogP contribution in [0.15, 0.2) is 42.5 Å². The summed E-state index contributed by atoms with van der Waals surface area (Å²) >= 11 is 1.61. The number of aryl methyl sites for hydroxylation is 2. The fraction of sp³-hybridized carbons (Fsp3) is 0.300. The van der Waals surface area contributed by atoms with E-state index in [1.165, 1.54) is 23.6 Å². The summed E-state index contributed by atoms with van der Waals surface area (Å²) in [5, 5.41) is 2.71. The number of carbonyl (C=O) groups excluding carboxylic acids is 2. The van der Waals surface area contributed by atoms with Crippen LogP contribution in [-0.2, 0) is 10.5 Å². The van der Waals surface area contributed by atoms with Gasteiger partial charge in [0.2, 0.25) is 5.91 Å². The molecule has 3 nitrogen and oxygen atoms in total.